The van der Waals surface area contributed by atoms with Gasteiger partial charge in [0.25, 0.3) is 0 Å². The van der Waals surface area contributed by atoms with Crippen molar-refractivity contribution in [2.24, 2.45) is 5.92 Å². The second-order valence-electron chi connectivity index (χ2n) is 11.0. The van der Waals surface area contributed by atoms with Crippen molar-refractivity contribution in [3.63, 3.8) is 0 Å². The predicted molar refractivity (Wildman–Crippen MR) is 138 cm³/mol. The maximum atomic E-state index is 12.4. The molecule has 3 aliphatic carbocycles. The van der Waals surface area contributed by atoms with E-state index >= 15 is 0 Å². The van der Waals surface area contributed by atoms with E-state index in [1.54, 1.807) is 7.11 Å². The molecule has 1 aromatic heterocycles. The fraction of sp³-hybridized carbons (Fsp3) is 0.500. The Hall–Kier alpha value is -2.63. The van der Waals surface area contributed by atoms with Crippen molar-refractivity contribution in [2.75, 3.05) is 20.2 Å². The van der Waals surface area contributed by atoms with Crippen LogP contribution in [0.15, 0.2) is 48.5 Å². The summed E-state index contributed by atoms with van der Waals surface area (Å²) in [4.78, 5) is 0. The summed E-state index contributed by atoms with van der Waals surface area (Å²) >= 11 is 0. The van der Waals surface area contributed by atoms with Crippen LogP contribution in [0.1, 0.15) is 59.3 Å². The van der Waals surface area contributed by atoms with E-state index in [-0.39, 0.29) is 5.41 Å². The summed E-state index contributed by atoms with van der Waals surface area (Å²) in [6.45, 7) is 4.87. The minimum Gasteiger partial charge on any atom is -0.497 e. The van der Waals surface area contributed by atoms with Crippen molar-refractivity contribution in [3.05, 3.63) is 82.2 Å². The number of fused-ring (bicyclic) bond motifs is 4. The summed E-state index contributed by atoms with van der Waals surface area (Å²) in [5, 5.41) is 21.1. The molecule has 5 nitrogen and oxygen atoms in total. The third kappa shape index (κ3) is 3.99. The number of methoxy groups -OCH3 is 1. The standard InChI is InChI=1S/C30H37N3O2/c1-21-26-17-30(34)13-12-24-10-11-25(35-2)16-27(24)29(30,14-15-31-19-22-8-9-22)18-28(26)33(32-21)20-23-6-4-3-5-7-23/h3-7,10-11,16,22,31,34H,8-9,12-15,17-20H2,1-2H3/t29-,30+/m1/s1. The fourth-order valence-corrected chi connectivity index (χ4v) is 6.64. The van der Waals surface area contributed by atoms with Gasteiger partial charge in [-0.05, 0) is 92.4 Å². The van der Waals surface area contributed by atoms with Crippen LogP contribution < -0.4 is 10.1 Å². The van der Waals surface area contributed by atoms with Crippen molar-refractivity contribution >= 4 is 0 Å². The van der Waals surface area contributed by atoms with Crippen LogP contribution in [-0.4, -0.2) is 40.7 Å². The molecule has 35 heavy (non-hydrogen) atoms. The van der Waals surface area contributed by atoms with E-state index in [9.17, 15) is 5.11 Å². The lowest BCUT2D eigenvalue weighted by Crippen LogP contribution is -2.60. The lowest BCUT2D eigenvalue weighted by molar-refractivity contribution is -0.0663. The lowest BCUT2D eigenvalue weighted by Gasteiger charge is -2.54. The summed E-state index contributed by atoms with van der Waals surface area (Å²) in [5.41, 5.74) is 6.32. The zero-order chi connectivity index (χ0) is 24.0. The highest BCUT2D eigenvalue weighted by Crippen LogP contribution is 2.54. The Balaban J connectivity index is 1.43. The predicted octanol–water partition coefficient (Wildman–Crippen LogP) is 4.35. The molecule has 2 N–H and O–H groups in total. The van der Waals surface area contributed by atoms with Crippen LogP contribution in [0.2, 0.25) is 0 Å². The molecule has 5 heteroatoms. The Kier molecular flexibility index (Phi) is 5.73. The topological polar surface area (TPSA) is 59.3 Å². The molecule has 0 radical (unpaired) electrons. The Morgan fingerprint density at radius 2 is 1.97 bits per heavy atom. The number of hydrogen-bond donors (Lipinski definition) is 2. The number of nitrogens with zero attached hydrogens (tertiary/aromatic N) is 2. The molecule has 1 heterocycles. The highest BCUT2D eigenvalue weighted by atomic mass is 16.5. The van der Waals surface area contributed by atoms with E-state index in [0.717, 1.165) is 62.7 Å². The first-order valence-corrected chi connectivity index (χ1v) is 13.2. The van der Waals surface area contributed by atoms with E-state index in [1.807, 2.05) is 0 Å². The summed E-state index contributed by atoms with van der Waals surface area (Å²) in [6.07, 6.45) is 6.77. The van der Waals surface area contributed by atoms with E-state index in [4.69, 9.17) is 9.84 Å². The molecule has 0 unspecified atom stereocenters. The van der Waals surface area contributed by atoms with E-state index in [2.05, 4.69) is 65.5 Å². The van der Waals surface area contributed by atoms with Crippen LogP contribution in [0.4, 0.5) is 0 Å². The first-order valence-electron chi connectivity index (χ1n) is 13.2. The van der Waals surface area contributed by atoms with Gasteiger partial charge >= 0.3 is 0 Å². The van der Waals surface area contributed by atoms with Gasteiger partial charge in [-0.2, -0.15) is 5.10 Å². The van der Waals surface area contributed by atoms with Gasteiger partial charge in [0.15, 0.2) is 0 Å². The molecular formula is C30H37N3O2. The zero-order valence-corrected chi connectivity index (χ0v) is 21.0. The van der Waals surface area contributed by atoms with Gasteiger partial charge in [0.05, 0.1) is 24.9 Å². The molecule has 6 rings (SSSR count). The first-order chi connectivity index (χ1) is 17.0. The number of aromatic nitrogens is 2. The van der Waals surface area contributed by atoms with Crippen LogP contribution >= 0.6 is 0 Å². The minimum atomic E-state index is -0.786. The fourth-order valence-electron chi connectivity index (χ4n) is 6.64. The smallest absolute Gasteiger partial charge is 0.119 e. The Bertz CT molecular complexity index is 1220. The molecular weight excluding hydrogens is 434 g/mol. The van der Waals surface area contributed by atoms with Gasteiger partial charge < -0.3 is 15.2 Å². The van der Waals surface area contributed by atoms with Crippen molar-refractivity contribution in [1.82, 2.24) is 15.1 Å². The Morgan fingerprint density at radius 3 is 2.74 bits per heavy atom. The van der Waals surface area contributed by atoms with Gasteiger partial charge in [-0.3, -0.25) is 4.68 Å². The summed E-state index contributed by atoms with van der Waals surface area (Å²) < 4.78 is 7.87. The van der Waals surface area contributed by atoms with Gasteiger partial charge in [-0.25, -0.2) is 0 Å². The number of ether oxygens (including phenoxy) is 1. The summed E-state index contributed by atoms with van der Waals surface area (Å²) in [5.74, 6) is 1.72. The van der Waals surface area contributed by atoms with Gasteiger partial charge in [0.1, 0.15) is 5.75 Å². The number of nitrogens with one attached hydrogen (secondary N) is 1. The average Bonchev–Trinajstić information content (AvgIpc) is 3.66. The number of rotatable bonds is 8. The lowest BCUT2D eigenvalue weighted by atomic mass is 9.52. The second kappa shape index (κ2) is 8.79. The largest absolute Gasteiger partial charge is 0.497 e. The summed E-state index contributed by atoms with van der Waals surface area (Å²) in [6, 6.07) is 17.1. The van der Waals surface area contributed by atoms with Crippen LogP contribution in [0.25, 0.3) is 0 Å². The number of hydrogen-bond acceptors (Lipinski definition) is 4. The molecule has 2 aromatic carbocycles. The minimum absolute atomic E-state index is 0.362. The van der Waals surface area contributed by atoms with Gasteiger partial charge in [0.2, 0.25) is 0 Å². The maximum absolute atomic E-state index is 12.4. The Morgan fingerprint density at radius 1 is 1.14 bits per heavy atom. The molecule has 0 saturated heterocycles. The highest BCUT2D eigenvalue weighted by molar-refractivity contribution is 5.50. The monoisotopic (exact) mass is 471 g/mol. The number of aliphatic hydroxyl groups is 1. The van der Waals surface area contributed by atoms with Crippen molar-refractivity contribution in [1.29, 1.82) is 0 Å². The zero-order valence-electron chi connectivity index (χ0n) is 21.0. The molecule has 2 atom stereocenters. The van der Waals surface area contributed by atoms with Crippen LogP contribution in [0.5, 0.6) is 5.75 Å². The molecule has 1 saturated carbocycles. The second-order valence-corrected chi connectivity index (χ2v) is 11.0. The van der Waals surface area contributed by atoms with Gasteiger partial charge in [0, 0.05) is 24.0 Å². The molecule has 0 amide bonds. The van der Waals surface area contributed by atoms with E-state index in [0.29, 0.717) is 6.42 Å². The normalized spacial score (nSPS) is 25.0. The maximum Gasteiger partial charge on any atom is 0.119 e. The summed E-state index contributed by atoms with van der Waals surface area (Å²) in [7, 11) is 1.73. The molecule has 184 valence electrons. The number of benzene rings is 2. The quantitative estimate of drug-likeness (QED) is 0.480. The molecule has 0 aliphatic heterocycles. The van der Waals surface area contributed by atoms with E-state index < -0.39 is 5.60 Å². The van der Waals surface area contributed by atoms with Crippen molar-refractivity contribution < 1.29 is 9.84 Å². The molecule has 3 aromatic rings. The first kappa shape index (κ1) is 22.8. The van der Waals surface area contributed by atoms with Crippen LogP contribution in [0, 0.1) is 12.8 Å². The number of aryl methyl sites for hydroxylation is 2. The third-order valence-corrected chi connectivity index (χ3v) is 8.87. The molecule has 0 bridgehead atoms. The molecule has 1 fully saturated rings. The van der Waals surface area contributed by atoms with Crippen LogP contribution in [0.3, 0.4) is 0 Å². The third-order valence-electron chi connectivity index (χ3n) is 8.87. The highest BCUT2D eigenvalue weighted by Gasteiger charge is 2.57. The average molecular weight is 472 g/mol. The Labute approximate surface area is 208 Å². The van der Waals surface area contributed by atoms with Crippen molar-refractivity contribution in [3.8, 4) is 5.75 Å². The SMILES string of the molecule is COc1ccc2c(c1)[C@@]1(CCNCC3CC3)Cc3c(c(C)nn3Cc3ccccc3)C[C@@]1(O)CC2. The van der Waals surface area contributed by atoms with Gasteiger partial charge in [-0.1, -0.05) is 36.4 Å². The van der Waals surface area contributed by atoms with Gasteiger partial charge in [-0.15, -0.1) is 0 Å². The molecule has 3 aliphatic rings. The van der Waals surface area contributed by atoms with E-state index in [1.165, 1.54) is 40.8 Å². The van der Waals surface area contributed by atoms with Crippen molar-refractivity contribution in [2.45, 2.75) is 69.4 Å². The molecule has 0 spiro atoms. The van der Waals surface area contributed by atoms with Crippen LogP contribution in [-0.2, 0) is 31.2 Å².